The summed E-state index contributed by atoms with van der Waals surface area (Å²) in [5, 5.41) is 4.24. The van der Waals surface area contributed by atoms with Crippen molar-refractivity contribution in [2.24, 2.45) is 5.73 Å². The van der Waals surface area contributed by atoms with Gasteiger partial charge in [0.05, 0.1) is 0 Å². The van der Waals surface area contributed by atoms with Gasteiger partial charge in [-0.1, -0.05) is 35.9 Å². The van der Waals surface area contributed by atoms with E-state index in [1.807, 2.05) is 37.4 Å². The van der Waals surface area contributed by atoms with Gasteiger partial charge in [-0.05, 0) is 61.2 Å². The van der Waals surface area contributed by atoms with Crippen molar-refractivity contribution in [1.82, 2.24) is 5.32 Å². The van der Waals surface area contributed by atoms with Gasteiger partial charge in [-0.25, -0.2) is 0 Å². The number of hydrogen-bond donors (Lipinski definition) is 2. The van der Waals surface area contributed by atoms with Crippen LogP contribution in [0.4, 0.5) is 0 Å². The predicted molar refractivity (Wildman–Crippen MR) is 107 cm³/mol. The van der Waals surface area contributed by atoms with Crippen LogP contribution in [0.2, 0.25) is 5.02 Å². The fourth-order valence-corrected chi connectivity index (χ4v) is 3.83. The number of amides is 1. The quantitative estimate of drug-likeness (QED) is 0.787. The maximum absolute atomic E-state index is 11.0. The molecule has 0 bridgehead atoms. The van der Waals surface area contributed by atoms with Crippen LogP contribution in [0.1, 0.15) is 29.0 Å². The first kappa shape index (κ1) is 20.6. The van der Waals surface area contributed by atoms with Crippen molar-refractivity contribution in [2.45, 2.75) is 31.2 Å². The number of nitrogens with one attached hydrogen (secondary N) is 1. The second-order valence-corrected chi connectivity index (χ2v) is 6.86. The van der Waals surface area contributed by atoms with Gasteiger partial charge in [0.2, 0.25) is 0 Å². The summed E-state index contributed by atoms with van der Waals surface area (Å²) < 4.78 is 5.50. The summed E-state index contributed by atoms with van der Waals surface area (Å²) in [6.07, 6.45) is 2.97. The summed E-state index contributed by atoms with van der Waals surface area (Å²) in [5.41, 5.74) is 8.91. The van der Waals surface area contributed by atoms with E-state index in [0.29, 0.717) is 17.7 Å². The third kappa shape index (κ3) is 4.70. The highest BCUT2D eigenvalue weighted by Crippen LogP contribution is 2.37. The molecule has 2 atom stereocenters. The second-order valence-electron chi connectivity index (χ2n) is 6.45. The van der Waals surface area contributed by atoms with Crippen LogP contribution in [-0.2, 0) is 17.6 Å². The van der Waals surface area contributed by atoms with Gasteiger partial charge in [-0.3, -0.25) is 4.79 Å². The SMILES string of the molecule is CNC1CCc2ccc(OCC(N)=O)cc2C1Cc1ccccc1Cl.Cl. The number of hydrogen-bond acceptors (Lipinski definition) is 3. The van der Waals surface area contributed by atoms with Crippen molar-refractivity contribution in [3.63, 3.8) is 0 Å². The number of fused-ring (bicyclic) bond motifs is 1. The molecular weight excluding hydrogens is 371 g/mol. The molecule has 0 saturated carbocycles. The van der Waals surface area contributed by atoms with Crippen LogP contribution in [0.25, 0.3) is 0 Å². The minimum Gasteiger partial charge on any atom is -0.484 e. The van der Waals surface area contributed by atoms with Crippen LogP contribution in [0.3, 0.4) is 0 Å². The Morgan fingerprint density at radius 3 is 2.77 bits per heavy atom. The van der Waals surface area contributed by atoms with Gasteiger partial charge in [0.15, 0.2) is 6.61 Å². The fraction of sp³-hybridized carbons (Fsp3) is 0.350. The van der Waals surface area contributed by atoms with E-state index in [0.717, 1.165) is 29.8 Å². The van der Waals surface area contributed by atoms with E-state index in [1.165, 1.54) is 11.1 Å². The monoisotopic (exact) mass is 394 g/mol. The molecule has 1 aliphatic rings. The lowest BCUT2D eigenvalue weighted by atomic mass is 9.76. The molecule has 0 radical (unpaired) electrons. The van der Waals surface area contributed by atoms with E-state index in [4.69, 9.17) is 22.1 Å². The van der Waals surface area contributed by atoms with Crippen LogP contribution in [-0.4, -0.2) is 25.6 Å². The highest BCUT2D eigenvalue weighted by atomic mass is 35.5. The Morgan fingerprint density at radius 1 is 1.31 bits per heavy atom. The lowest BCUT2D eigenvalue weighted by molar-refractivity contribution is -0.119. The smallest absolute Gasteiger partial charge is 0.255 e. The zero-order valence-corrected chi connectivity index (χ0v) is 16.3. The summed E-state index contributed by atoms with van der Waals surface area (Å²) in [6.45, 7) is -0.108. The average molecular weight is 395 g/mol. The first-order valence-corrected chi connectivity index (χ1v) is 8.91. The minimum atomic E-state index is -0.474. The van der Waals surface area contributed by atoms with Crippen molar-refractivity contribution in [3.05, 3.63) is 64.2 Å². The number of aryl methyl sites for hydroxylation is 1. The lowest BCUT2D eigenvalue weighted by Crippen LogP contribution is -2.37. The molecule has 0 saturated heterocycles. The molecule has 6 heteroatoms. The van der Waals surface area contributed by atoms with Crippen molar-refractivity contribution in [1.29, 1.82) is 0 Å². The van der Waals surface area contributed by atoms with E-state index in [2.05, 4.69) is 17.4 Å². The Hall–Kier alpha value is -1.75. The Morgan fingerprint density at radius 2 is 2.08 bits per heavy atom. The van der Waals surface area contributed by atoms with Crippen LogP contribution in [0.15, 0.2) is 42.5 Å². The van der Waals surface area contributed by atoms with Gasteiger partial charge in [-0.2, -0.15) is 0 Å². The zero-order valence-electron chi connectivity index (χ0n) is 14.7. The highest BCUT2D eigenvalue weighted by molar-refractivity contribution is 6.31. The Labute approximate surface area is 165 Å². The third-order valence-electron chi connectivity index (χ3n) is 4.88. The van der Waals surface area contributed by atoms with Gasteiger partial charge in [-0.15, -0.1) is 12.4 Å². The van der Waals surface area contributed by atoms with Crippen LogP contribution in [0, 0.1) is 0 Å². The summed E-state index contributed by atoms with van der Waals surface area (Å²) in [7, 11) is 2.00. The van der Waals surface area contributed by atoms with Gasteiger partial charge in [0.25, 0.3) is 5.91 Å². The molecule has 0 aromatic heterocycles. The van der Waals surface area contributed by atoms with Gasteiger partial charge in [0.1, 0.15) is 5.75 Å². The third-order valence-corrected chi connectivity index (χ3v) is 5.25. The van der Waals surface area contributed by atoms with E-state index >= 15 is 0 Å². The number of carbonyl (C=O) groups is 1. The molecule has 2 unspecified atom stereocenters. The standard InChI is InChI=1S/C20H23ClN2O2.ClH/c1-23-19-9-7-13-6-8-15(25-12-20(22)24)11-16(13)17(19)10-14-4-2-3-5-18(14)21;/h2-6,8,11,17,19,23H,7,9-10,12H2,1H3,(H2,22,24);1H. The van der Waals surface area contributed by atoms with E-state index in [1.54, 1.807) is 0 Å². The second kappa shape index (κ2) is 9.26. The van der Waals surface area contributed by atoms with Crippen LogP contribution >= 0.6 is 24.0 Å². The zero-order chi connectivity index (χ0) is 17.8. The fourth-order valence-electron chi connectivity index (χ4n) is 3.62. The van der Waals surface area contributed by atoms with Crippen molar-refractivity contribution in [2.75, 3.05) is 13.7 Å². The molecule has 0 fully saturated rings. The molecule has 4 nitrogen and oxygen atoms in total. The van der Waals surface area contributed by atoms with Gasteiger partial charge in [0, 0.05) is 17.0 Å². The molecule has 0 spiro atoms. The molecule has 0 heterocycles. The van der Waals surface area contributed by atoms with Gasteiger partial charge >= 0.3 is 0 Å². The highest BCUT2D eigenvalue weighted by Gasteiger charge is 2.29. The van der Waals surface area contributed by atoms with Crippen LogP contribution < -0.4 is 15.8 Å². The molecule has 140 valence electrons. The predicted octanol–water partition coefficient (Wildman–Crippen LogP) is 3.49. The number of ether oxygens (including phenoxy) is 1. The molecule has 26 heavy (non-hydrogen) atoms. The first-order chi connectivity index (χ1) is 12.1. The first-order valence-electron chi connectivity index (χ1n) is 8.53. The summed E-state index contributed by atoms with van der Waals surface area (Å²) >= 11 is 6.38. The lowest BCUT2D eigenvalue weighted by Gasteiger charge is -2.34. The molecule has 3 rings (SSSR count). The maximum atomic E-state index is 11.0. The van der Waals surface area contributed by atoms with Crippen LogP contribution in [0.5, 0.6) is 5.75 Å². The molecule has 0 aliphatic heterocycles. The summed E-state index contributed by atoms with van der Waals surface area (Å²) in [6, 6.07) is 14.4. The van der Waals surface area contributed by atoms with Crippen molar-refractivity contribution in [3.8, 4) is 5.75 Å². The Bertz CT molecular complexity index is 767. The molecule has 2 aromatic rings. The topological polar surface area (TPSA) is 64.3 Å². The number of nitrogens with two attached hydrogens (primary N) is 1. The van der Waals surface area contributed by atoms with Gasteiger partial charge < -0.3 is 15.8 Å². The number of primary amides is 1. The number of likely N-dealkylation sites (N-methyl/N-ethyl adjacent to an activating group) is 1. The number of carbonyl (C=O) groups excluding carboxylic acids is 1. The minimum absolute atomic E-state index is 0. The number of benzene rings is 2. The molecule has 3 N–H and O–H groups in total. The van der Waals surface area contributed by atoms with Crippen molar-refractivity contribution < 1.29 is 9.53 Å². The summed E-state index contributed by atoms with van der Waals surface area (Å²) in [5.74, 6) is 0.502. The van der Waals surface area contributed by atoms with E-state index in [-0.39, 0.29) is 19.0 Å². The largest absolute Gasteiger partial charge is 0.484 e. The Balaban J connectivity index is 0.00000243. The molecule has 1 amide bonds. The maximum Gasteiger partial charge on any atom is 0.255 e. The average Bonchev–Trinajstić information content (AvgIpc) is 2.62. The van der Waals surface area contributed by atoms with E-state index in [9.17, 15) is 4.79 Å². The molecular formula is C20H24Cl2N2O2. The van der Waals surface area contributed by atoms with Crippen molar-refractivity contribution >= 4 is 29.9 Å². The normalized spacial score (nSPS) is 18.5. The number of halogens is 2. The molecule has 2 aromatic carbocycles. The Kier molecular flexibility index (Phi) is 7.33. The number of rotatable bonds is 6. The van der Waals surface area contributed by atoms with E-state index < -0.39 is 5.91 Å². The molecule has 1 aliphatic carbocycles. The summed E-state index contributed by atoms with van der Waals surface area (Å²) in [4.78, 5) is 11.0.